The summed E-state index contributed by atoms with van der Waals surface area (Å²) in [5.41, 5.74) is -0.866. The minimum atomic E-state index is -1.17. The van der Waals surface area contributed by atoms with Crippen LogP contribution in [0, 0.1) is 6.92 Å². The standard InChI is InChI=1S/C22H24N2O6S/c1-13-16-18(26)24(12-15(25)30-22(2,3)4)21(29)23(19(16)31-17(13)20(27)28)11-10-14-8-6-5-7-9-14/h5-9H,10-12H2,1-4H3,(H,27,28). The summed E-state index contributed by atoms with van der Waals surface area (Å²) in [7, 11) is 0. The van der Waals surface area contributed by atoms with Crippen LogP contribution in [0.3, 0.4) is 0 Å². The van der Waals surface area contributed by atoms with E-state index in [0.717, 1.165) is 21.5 Å². The van der Waals surface area contributed by atoms with Crippen molar-refractivity contribution in [2.24, 2.45) is 0 Å². The molecule has 0 bridgehead atoms. The third-order valence-corrected chi connectivity index (χ3v) is 5.97. The lowest BCUT2D eigenvalue weighted by atomic mass is 10.1. The molecular formula is C22H24N2O6S. The number of fused-ring (bicyclic) bond motifs is 1. The van der Waals surface area contributed by atoms with E-state index in [1.54, 1.807) is 20.8 Å². The molecule has 9 heteroatoms. The molecule has 3 rings (SSSR count). The highest BCUT2D eigenvalue weighted by atomic mass is 32.1. The number of thiophene rings is 1. The van der Waals surface area contributed by atoms with Gasteiger partial charge in [0.25, 0.3) is 5.56 Å². The van der Waals surface area contributed by atoms with Gasteiger partial charge in [-0.1, -0.05) is 30.3 Å². The molecule has 2 aromatic heterocycles. The number of hydrogen-bond donors (Lipinski definition) is 1. The van der Waals surface area contributed by atoms with Crippen molar-refractivity contribution in [3.05, 3.63) is 67.2 Å². The number of carboxylic acid groups (broad SMARTS) is 1. The summed E-state index contributed by atoms with van der Waals surface area (Å²) in [4.78, 5) is 50.5. The lowest BCUT2D eigenvalue weighted by Gasteiger charge is -2.20. The highest BCUT2D eigenvalue weighted by molar-refractivity contribution is 7.20. The van der Waals surface area contributed by atoms with Crippen LogP contribution in [-0.4, -0.2) is 31.8 Å². The molecular weight excluding hydrogens is 420 g/mol. The zero-order valence-electron chi connectivity index (χ0n) is 17.8. The van der Waals surface area contributed by atoms with Gasteiger partial charge in [-0.2, -0.15) is 0 Å². The number of esters is 1. The minimum absolute atomic E-state index is 0.00465. The monoisotopic (exact) mass is 444 g/mol. The Kier molecular flexibility index (Phi) is 6.17. The maximum atomic E-state index is 13.2. The largest absolute Gasteiger partial charge is 0.477 e. The molecule has 0 aliphatic rings. The Hall–Kier alpha value is -3.20. The van der Waals surface area contributed by atoms with Crippen molar-refractivity contribution in [1.29, 1.82) is 0 Å². The van der Waals surface area contributed by atoms with E-state index < -0.39 is 35.3 Å². The summed E-state index contributed by atoms with van der Waals surface area (Å²) in [5.74, 6) is -1.88. The van der Waals surface area contributed by atoms with E-state index in [9.17, 15) is 24.3 Å². The third-order valence-electron chi connectivity index (χ3n) is 4.66. The number of carbonyl (C=O) groups excluding carboxylic acids is 1. The Morgan fingerprint density at radius 3 is 2.32 bits per heavy atom. The first kappa shape index (κ1) is 22.5. The van der Waals surface area contributed by atoms with Gasteiger partial charge in [-0.25, -0.2) is 14.2 Å². The molecule has 0 saturated carbocycles. The van der Waals surface area contributed by atoms with Crippen molar-refractivity contribution in [1.82, 2.24) is 9.13 Å². The molecule has 3 aromatic rings. The second-order valence-corrected chi connectivity index (χ2v) is 9.19. The summed E-state index contributed by atoms with van der Waals surface area (Å²) >= 11 is 0.894. The summed E-state index contributed by atoms with van der Waals surface area (Å²) in [6.45, 7) is 6.29. The van der Waals surface area contributed by atoms with E-state index in [1.807, 2.05) is 30.3 Å². The van der Waals surface area contributed by atoms with Gasteiger partial charge in [0, 0.05) is 6.54 Å². The number of hydrogen-bond acceptors (Lipinski definition) is 6. The van der Waals surface area contributed by atoms with Gasteiger partial charge in [0.15, 0.2) is 0 Å². The smallest absolute Gasteiger partial charge is 0.346 e. The molecule has 0 spiro atoms. The second-order valence-electron chi connectivity index (χ2n) is 8.19. The van der Waals surface area contributed by atoms with Crippen LogP contribution in [0.25, 0.3) is 10.2 Å². The quantitative estimate of drug-likeness (QED) is 0.586. The SMILES string of the molecule is Cc1c(C(=O)O)sc2c1c(=O)n(CC(=O)OC(C)(C)C)c(=O)n2CCc1ccccc1. The van der Waals surface area contributed by atoms with E-state index in [4.69, 9.17) is 4.74 Å². The van der Waals surface area contributed by atoms with Gasteiger partial charge in [0.2, 0.25) is 0 Å². The highest BCUT2D eigenvalue weighted by Gasteiger charge is 2.25. The predicted molar refractivity (Wildman–Crippen MR) is 118 cm³/mol. The number of benzene rings is 1. The zero-order valence-corrected chi connectivity index (χ0v) is 18.6. The molecule has 0 fully saturated rings. The summed E-state index contributed by atoms with van der Waals surface area (Å²) < 4.78 is 7.47. The molecule has 164 valence electrons. The molecule has 0 unspecified atom stereocenters. The maximum absolute atomic E-state index is 13.2. The van der Waals surface area contributed by atoms with Gasteiger partial charge in [-0.05, 0) is 45.2 Å². The number of carbonyl (C=O) groups is 2. The molecule has 0 saturated heterocycles. The van der Waals surface area contributed by atoms with Gasteiger partial charge < -0.3 is 9.84 Å². The number of aryl methyl sites for hydroxylation is 3. The first-order chi connectivity index (χ1) is 14.5. The van der Waals surface area contributed by atoms with Crippen LogP contribution in [0.15, 0.2) is 39.9 Å². The van der Waals surface area contributed by atoms with Crippen molar-refractivity contribution < 1.29 is 19.4 Å². The fourth-order valence-corrected chi connectivity index (χ4v) is 4.48. The number of carboxylic acids is 1. The third kappa shape index (κ3) is 4.77. The minimum Gasteiger partial charge on any atom is -0.477 e. The van der Waals surface area contributed by atoms with Crippen molar-refractivity contribution in [3.63, 3.8) is 0 Å². The number of ether oxygens (including phenoxy) is 1. The first-order valence-corrected chi connectivity index (χ1v) is 10.6. The fourth-order valence-electron chi connectivity index (χ4n) is 3.32. The van der Waals surface area contributed by atoms with E-state index in [1.165, 1.54) is 11.5 Å². The van der Waals surface area contributed by atoms with Gasteiger partial charge in [0.05, 0.1) is 5.39 Å². The van der Waals surface area contributed by atoms with Crippen LogP contribution in [0.5, 0.6) is 0 Å². The zero-order chi connectivity index (χ0) is 22.9. The molecule has 1 N–H and O–H groups in total. The summed E-state index contributed by atoms with van der Waals surface area (Å²) in [6.07, 6.45) is 0.500. The summed E-state index contributed by atoms with van der Waals surface area (Å²) in [5, 5.41) is 9.65. The van der Waals surface area contributed by atoms with Crippen molar-refractivity contribution in [3.8, 4) is 0 Å². The molecule has 1 aromatic carbocycles. The lowest BCUT2D eigenvalue weighted by molar-refractivity contribution is -0.155. The second kappa shape index (κ2) is 8.50. The van der Waals surface area contributed by atoms with Gasteiger partial charge in [0.1, 0.15) is 21.9 Å². The number of nitrogens with zero attached hydrogens (tertiary/aromatic N) is 2. The molecule has 8 nitrogen and oxygen atoms in total. The molecule has 0 radical (unpaired) electrons. The van der Waals surface area contributed by atoms with Crippen molar-refractivity contribution in [2.75, 3.05) is 0 Å². The molecule has 0 atom stereocenters. The van der Waals surface area contributed by atoms with Crippen LogP contribution in [-0.2, 0) is 29.0 Å². The number of rotatable bonds is 6. The molecule has 31 heavy (non-hydrogen) atoms. The molecule has 0 amide bonds. The topological polar surface area (TPSA) is 108 Å². The van der Waals surface area contributed by atoms with Gasteiger partial charge >= 0.3 is 17.6 Å². The Balaban J connectivity index is 2.16. The van der Waals surface area contributed by atoms with Crippen LogP contribution in [0.4, 0.5) is 0 Å². The Morgan fingerprint density at radius 1 is 1.10 bits per heavy atom. The normalized spacial score (nSPS) is 11.6. The number of aromatic nitrogens is 2. The average molecular weight is 445 g/mol. The highest BCUT2D eigenvalue weighted by Crippen LogP contribution is 2.28. The average Bonchev–Trinajstić information content (AvgIpc) is 3.02. The molecule has 0 aliphatic heterocycles. The maximum Gasteiger partial charge on any atom is 0.346 e. The van der Waals surface area contributed by atoms with Gasteiger partial charge in [-0.3, -0.25) is 14.2 Å². The fraction of sp³-hybridized carbons (Fsp3) is 0.364. The lowest BCUT2D eigenvalue weighted by Crippen LogP contribution is -2.42. The van der Waals surface area contributed by atoms with Crippen molar-refractivity contribution in [2.45, 2.75) is 52.8 Å². The van der Waals surface area contributed by atoms with Crippen LogP contribution in [0.1, 0.15) is 41.6 Å². The van der Waals surface area contributed by atoms with Crippen LogP contribution < -0.4 is 11.2 Å². The predicted octanol–water partition coefficient (Wildman–Crippen LogP) is 2.82. The Labute approximate surface area is 182 Å². The van der Waals surface area contributed by atoms with E-state index in [0.29, 0.717) is 11.3 Å². The molecule has 2 heterocycles. The van der Waals surface area contributed by atoms with Crippen LogP contribution >= 0.6 is 11.3 Å². The first-order valence-electron chi connectivity index (χ1n) is 9.75. The van der Waals surface area contributed by atoms with Crippen LogP contribution in [0.2, 0.25) is 0 Å². The van der Waals surface area contributed by atoms with E-state index in [-0.39, 0.29) is 22.4 Å². The Morgan fingerprint density at radius 2 is 1.74 bits per heavy atom. The van der Waals surface area contributed by atoms with E-state index in [2.05, 4.69) is 0 Å². The van der Waals surface area contributed by atoms with Crippen molar-refractivity contribution >= 4 is 33.5 Å². The Bertz CT molecular complexity index is 1260. The summed E-state index contributed by atoms with van der Waals surface area (Å²) in [6, 6.07) is 9.49. The van der Waals surface area contributed by atoms with Gasteiger partial charge in [-0.15, -0.1) is 11.3 Å². The number of aromatic carboxylic acids is 1. The molecule has 0 aliphatic carbocycles. The van der Waals surface area contributed by atoms with E-state index >= 15 is 0 Å².